The van der Waals surface area contributed by atoms with Crippen molar-refractivity contribution in [2.75, 3.05) is 19.0 Å². The van der Waals surface area contributed by atoms with Crippen LogP contribution in [0, 0.1) is 5.92 Å². The highest BCUT2D eigenvalue weighted by atomic mass is 16.5. The highest BCUT2D eigenvalue weighted by Crippen LogP contribution is 2.27. The van der Waals surface area contributed by atoms with Crippen LogP contribution in [-0.2, 0) is 16.1 Å². The van der Waals surface area contributed by atoms with Crippen LogP contribution in [0.5, 0.6) is 0 Å². The normalized spacial score (nSPS) is 16.0. The van der Waals surface area contributed by atoms with Crippen molar-refractivity contribution in [2.24, 2.45) is 5.92 Å². The zero-order valence-corrected chi connectivity index (χ0v) is 17.7. The molecule has 1 aliphatic rings. The second-order valence-corrected chi connectivity index (χ2v) is 7.93. The third-order valence-corrected chi connectivity index (χ3v) is 5.73. The maximum Gasteiger partial charge on any atom is 0.253 e. The first-order valence-corrected chi connectivity index (χ1v) is 10.6. The number of nitrogens with one attached hydrogen (secondary N) is 2. The standard InChI is InChI=1S/C22H32N4O3/c1-4-15(2)24-22(28)18-12-17(25-21(27)16-8-6-5-7-9-16)13-19-20(18)26(14-23-19)10-11-29-3/h12-16H,4-11H2,1-3H3,(H,24,28)(H,25,27). The van der Waals surface area contributed by atoms with E-state index in [1.807, 2.05) is 24.5 Å². The van der Waals surface area contributed by atoms with E-state index in [0.717, 1.165) is 37.6 Å². The van der Waals surface area contributed by atoms with Gasteiger partial charge in [0.1, 0.15) is 0 Å². The van der Waals surface area contributed by atoms with Crippen LogP contribution < -0.4 is 10.6 Å². The molecule has 0 saturated heterocycles. The Hall–Kier alpha value is -2.41. The molecule has 1 aromatic carbocycles. The molecule has 7 nitrogen and oxygen atoms in total. The molecule has 1 unspecified atom stereocenters. The fourth-order valence-electron chi connectivity index (χ4n) is 3.83. The van der Waals surface area contributed by atoms with Gasteiger partial charge < -0.3 is 19.9 Å². The molecule has 2 N–H and O–H groups in total. The summed E-state index contributed by atoms with van der Waals surface area (Å²) in [7, 11) is 1.65. The predicted octanol–water partition coefficient (Wildman–Crippen LogP) is 3.73. The number of rotatable bonds is 8. The number of ether oxygens (including phenoxy) is 1. The van der Waals surface area contributed by atoms with Crippen molar-refractivity contribution in [2.45, 2.75) is 65.0 Å². The van der Waals surface area contributed by atoms with Gasteiger partial charge >= 0.3 is 0 Å². The number of benzene rings is 1. The van der Waals surface area contributed by atoms with Crippen LogP contribution in [0.1, 0.15) is 62.7 Å². The third-order valence-electron chi connectivity index (χ3n) is 5.73. The average molecular weight is 401 g/mol. The lowest BCUT2D eigenvalue weighted by Crippen LogP contribution is -2.32. The number of methoxy groups -OCH3 is 1. The molecule has 1 saturated carbocycles. The Morgan fingerprint density at radius 2 is 2.03 bits per heavy atom. The molecule has 1 heterocycles. The van der Waals surface area contributed by atoms with Crippen molar-refractivity contribution in [3.05, 3.63) is 24.0 Å². The molecule has 1 aromatic heterocycles. The monoisotopic (exact) mass is 400 g/mol. The molecule has 2 aromatic rings. The summed E-state index contributed by atoms with van der Waals surface area (Å²) in [5, 5.41) is 6.06. The zero-order chi connectivity index (χ0) is 20.8. The summed E-state index contributed by atoms with van der Waals surface area (Å²) in [5.41, 5.74) is 2.60. The fourth-order valence-corrected chi connectivity index (χ4v) is 3.83. The molecule has 0 radical (unpaired) electrons. The van der Waals surface area contributed by atoms with E-state index in [1.54, 1.807) is 19.5 Å². The lowest BCUT2D eigenvalue weighted by atomic mass is 9.88. The number of imidazole rings is 1. The molecule has 0 spiro atoms. The summed E-state index contributed by atoms with van der Waals surface area (Å²) in [5.74, 6) is -0.0653. The van der Waals surface area contributed by atoms with Gasteiger partial charge in [-0.3, -0.25) is 9.59 Å². The summed E-state index contributed by atoms with van der Waals surface area (Å²) < 4.78 is 7.11. The van der Waals surface area contributed by atoms with Gasteiger partial charge in [-0.1, -0.05) is 26.2 Å². The van der Waals surface area contributed by atoms with Crippen LogP contribution in [0.25, 0.3) is 11.0 Å². The van der Waals surface area contributed by atoms with Crippen LogP contribution in [-0.4, -0.2) is 41.1 Å². The van der Waals surface area contributed by atoms with Crippen LogP contribution in [0.2, 0.25) is 0 Å². The second-order valence-electron chi connectivity index (χ2n) is 7.93. The Morgan fingerprint density at radius 1 is 1.28 bits per heavy atom. The quantitative estimate of drug-likeness (QED) is 0.707. The van der Waals surface area contributed by atoms with Gasteiger partial charge in [-0.15, -0.1) is 0 Å². The first-order valence-electron chi connectivity index (χ1n) is 10.6. The number of fused-ring (bicyclic) bond motifs is 1. The van der Waals surface area contributed by atoms with Crippen molar-refractivity contribution in [3.63, 3.8) is 0 Å². The minimum absolute atomic E-state index is 0.0381. The van der Waals surface area contributed by atoms with Gasteiger partial charge in [0.25, 0.3) is 5.91 Å². The molecule has 7 heteroatoms. The van der Waals surface area contributed by atoms with Gasteiger partial charge in [0.15, 0.2) is 0 Å². The largest absolute Gasteiger partial charge is 0.383 e. The highest BCUT2D eigenvalue weighted by Gasteiger charge is 2.23. The molecule has 158 valence electrons. The molecule has 1 fully saturated rings. The first kappa shape index (κ1) is 21.3. The number of carbonyl (C=O) groups excluding carboxylic acids is 2. The van der Waals surface area contributed by atoms with Crippen LogP contribution in [0.3, 0.4) is 0 Å². The van der Waals surface area contributed by atoms with E-state index in [0.29, 0.717) is 29.9 Å². The van der Waals surface area contributed by atoms with E-state index in [2.05, 4.69) is 15.6 Å². The zero-order valence-electron chi connectivity index (χ0n) is 17.7. The molecule has 3 rings (SSSR count). The Labute approximate surface area is 172 Å². The SMILES string of the molecule is CCC(C)NC(=O)c1cc(NC(=O)C2CCCCC2)cc2ncn(CCOC)c12. The molecule has 1 aliphatic carbocycles. The average Bonchev–Trinajstić information content (AvgIpc) is 3.14. The number of amides is 2. The Kier molecular flexibility index (Phi) is 7.25. The minimum atomic E-state index is -0.155. The number of nitrogens with zero attached hydrogens (tertiary/aromatic N) is 2. The van der Waals surface area contributed by atoms with Gasteiger partial charge in [0.05, 0.1) is 29.5 Å². The van der Waals surface area contributed by atoms with E-state index in [-0.39, 0.29) is 23.8 Å². The lowest BCUT2D eigenvalue weighted by Gasteiger charge is -2.21. The smallest absolute Gasteiger partial charge is 0.253 e. The van der Waals surface area contributed by atoms with Crippen molar-refractivity contribution in [1.29, 1.82) is 0 Å². The van der Waals surface area contributed by atoms with Crippen molar-refractivity contribution in [3.8, 4) is 0 Å². The summed E-state index contributed by atoms with van der Waals surface area (Å²) in [6.07, 6.45) is 7.83. The van der Waals surface area contributed by atoms with Gasteiger partial charge in [-0.25, -0.2) is 4.98 Å². The Bertz CT molecular complexity index is 855. The minimum Gasteiger partial charge on any atom is -0.383 e. The molecule has 2 amide bonds. The van der Waals surface area contributed by atoms with E-state index in [4.69, 9.17) is 4.74 Å². The van der Waals surface area contributed by atoms with Crippen LogP contribution in [0.15, 0.2) is 18.5 Å². The summed E-state index contributed by atoms with van der Waals surface area (Å²) in [6, 6.07) is 3.68. The Balaban J connectivity index is 1.92. The fraction of sp³-hybridized carbons (Fsp3) is 0.591. The van der Waals surface area contributed by atoms with Crippen LogP contribution in [0.4, 0.5) is 5.69 Å². The highest BCUT2D eigenvalue weighted by molar-refractivity contribution is 6.07. The maximum atomic E-state index is 13.0. The Morgan fingerprint density at radius 3 is 2.72 bits per heavy atom. The van der Waals surface area contributed by atoms with Gasteiger partial charge in [0.2, 0.25) is 5.91 Å². The van der Waals surface area contributed by atoms with Crippen molar-refractivity contribution in [1.82, 2.24) is 14.9 Å². The van der Waals surface area contributed by atoms with Crippen molar-refractivity contribution >= 4 is 28.5 Å². The van der Waals surface area contributed by atoms with E-state index < -0.39 is 0 Å². The summed E-state index contributed by atoms with van der Waals surface area (Å²) in [4.78, 5) is 30.2. The topological polar surface area (TPSA) is 85.3 Å². The molecule has 0 bridgehead atoms. The van der Waals surface area contributed by atoms with E-state index in [9.17, 15) is 9.59 Å². The van der Waals surface area contributed by atoms with Crippen LogP contribution >= 0.6 is 0 Å². The van der Waals surface area contributed by atoms with Crippen molar-refractivity contribution < 1.29 is 14.3 Å². The molecule has 29 heavy (non-hydrogen) atoms. The molecular weight excluding hydrogens is 368 g/mol. The first-order chi connectivity index (χ1) is 14.0. The van der Waals surface area contributed by atoms with Gasteiger partial charge in [0, 0.05) is 31.3 Å². The lowest BCUT2D eigenvalue weighted by molar-refractivity contribution is -0.120. The summed E-state index contributed by atoms with van der Waals surface area (Å²) in [6.45, 7) is 5.14. The van der Waals surface area contributed by atoms with Gasteiger partial charge in [-0.2, -0.15) is 0 Å². The number of hydrogen-bond donors (Lipinski definition) is 2. The predicted molar refractivity (Wildman–Crippen MR) is 114 cm³/mol. The van der Waals surface area contributed by atoms with Gasteiger partial charge in [-0.05, 0) is 38.3 Å². The molecule has 1 atom stereocenters. The molecule has 0 aliphatic heterocycles. The maximum absolute atomic E-state index is 13.0. The number of carbonyl (C=O) groups is 2. The molecular formula is C22H32N4O3. The van der Waals surface area contributed by atoms with E-state index in [1.165, 1.54) is 6.42 Å². The number of aromatic nitrogens is 2. The van der Waals surface area contributed by atoms with E-state index >= 15 is 0 Å². The third kappa shape index (κ3) is 5.15. The number of anilines is 1. The number of hydrogen-bond acceptors (Lipinski definition) is 4. The second kappa shape index (κ2) is 9.87. The summed E-state index contributed by atoms with van der Waals surface area (Å²) >= 11 is 0.